The van der Waals surface area contributed by atoms with Crippen LogP contribution in [0.25, 0.3) is 0 Å². The summed E-state index contributed by atoms with van der Waals surface area (Å²) in [5, 5.41) is 5.36. The summed E-state index contributed by atoms with van der Waals surface area (Å²) in [4.78, 5) is 44.4. The number of nitrogens with zero attached hydrogens (tertiary/aromatic N) is 3. The highest BCUT2D eigenvalue weighted by molar-refractivity contribution is 5.98. The van der Waals surface area contributed by atoms with Crippen molar-refractivity contribution in [1.82, 2.24) is 19.8 Å². The third-order valence-electron chi connectivity index (χ3n) is 6.29. The van der Waals surface area contributed by atoms with Crippen LogP contribution in [0.5, 0.6) is 0 Å². The molecule has 2 heterocycles. The zero-order valence-electron chi connectivity index (χ0n) is 21.7. The first kappa shape index (κ1) is 27.0. The lowest BCUT2D eigenvalue weighted by Gasteiger charge is -2.29. The van der Waals surface area contributed by atoms with Crippen LogP contribution < -0.4 is 16.4 Å². The summed E-state index contributed by atoms with van der Waals surface area (Å²) in [6.45, 7) is 4.68. The van der Waals surface area contributed by atoms with Gasteiger partial charge in [0.05, 0.1) is 25.1 Å². The lowest BCUT2D eigenvalue weighted by molar-refractivity contribution is -0.132. The first-order chi connectivity index (χ1) is 18.2. The summed E-state index contributed by atoms with van der Waals surface area (Å²) in [5.41, 5.74) is 8.11. The normalized spacial score (nSPS) is 13.9. The van der Waals surface area contributed by atoms with Crippen LogP contribution in [-0.2, 0) is 45.2 Å². The summed E-state index contributed by atoms with van der Waals surface area (Å²) < 4.78 is 7.34. The largest absolute Gasteiger partial charge is 0.374 e. The Bertz CT molecular complexity index is 1270. The molecule has 10 heteroatoms. The van der Waals surface area contributed by atoms with E-state index in [9.17, 15) is 14.4 Å². The SMILES string of the molecule is CC(C)(N)C(=O)NC(COCc1ccccc1)C(=O)Nc1cn(CC(=O)N2CCc3ccccc3C2)cn1. The predicted octanol–water partition coefficient (Wildman–Crippen LogP) is 1.85. The molecule has 1 unspecified atom stereocenters. The number of ether oxygens (including phenoxy) is 1. The fourth-order valence-corrected chi connectivity index (χ4v) is 4.09. The Morgan fingerprint density at radius 3 is 2.53 bits per heavy atom. The highest BCUT2D eigenvalue weighted by Gasteiger charge is 2.29. The van der Waals surface area contributed by atoms with Crippen LogP contribution in [0.1, 0.15) is 30.5 Å². The zero-order valence-corrected chi connectivity index (χ0v) is 21.7. The van der Waals surface area contributed by atoms with Crippen LogP contribution in [0.15, 0.2) is 67.1 Å². The van der Waals surface area contributed by atoms with E-state index in [2.05, 4.69) is 21.7 Å². The monoisotopic (exact) mass is 518 g/mol. The molecule has 10 nitrogen and oxygen atoms in total. The highest BCUT2D eigenvalue weighted by atomic mass is 16.5. The van der Waals surface area contributed by atoms with Crippen molar-refractivity contribution in [1.29, 1.82) is 0 Å². The average molecular weight is 519 g/mol. The van der Waals surface area contributed by atoms with Gasteiger partial charge in [0, 0.05) is 19.3 Å². The molecule has 0 saturated heterocycles. The van der Waals surface area contributed by atoms with Crippen molar-refractivity contribution in [2.45, 2.75) is 51.5 Å². The average Bonchev–Trinajstić information content (AvgIpc) is 3.34. The number of hydrogen-bond acceptors (Lipinski definition) is 6. The summed E-state index contributed by atoms with van der Waals surface area (Å²) in [6, 6.07) is 16.7. The highest BCUT2D eigenvalue weighted by Crippen LogP contribution is 2.19. The van der Waals surface area contributed by atoms with Crippen LogP contribution in [0.3, 0.4) is 0 Å². The second-order valence-electron chi connectivity index (χ2n) is 10.0. The minimum Gasteiger partial charge on any atom is -0.374 e. The quantitative estimate of drug-likeness (QED) is 0.375. The standard InChI is InChI=1S/C28H34N6O4/c1-28(2,29)27(37)31-23(18-38-17-20-8-4-3-5-9-20)26(36)32-24-15-33(19-30-24)16-25(35)34-13-12-21-10-6-7-11-22(21)14-34/h3-11,15,19,23H,12-14,16-18,29H2,1-2H3,(H,31,37)(H,32,36). The van der Waals surface area contributed by atoms with Gasteiger partial charge in [-0.2, -0.15) is 0 Å². The van der Waals surface area contributed by atoms with E-state index in [1.165, 1.54) is 11.9 Å². The molecule has 0 radical (unpaired) electrons. The number of benzene rings is 2. The lowest BCUT2D eigenvalue weighted by atomic mass is 10.00. The molecule has 1 aliphatic rings. The first-order valence-corrected chi connectivity index (χ1v) is 12.6. The Morgan fingerprint density at radius 1 is 1.08 bits per heavy atom. The van der Waals surface area contributed by atoms with Gasteiger partial charge >= 0.3 is 0 Å². The van der Waals surface area contributed by atoms with Gasteiger partial charge in [-0.1, -0.05) is 54.6 Å². The van der Waals surface area contributed by atoms with E-state index in [0.717, 1.165) is 17.5 Å². The number of imidazole rings is 1. The Balaban J connectivity index is 1.34. The third kappa shape index (κ3) is 7.27. The van der Waals surface area contributed by atoms with Gasteiger partial charge in [0.25, 0.3) is 5.91 Å². The molecule has 0 fully saturated rings. The number of carbonyl (C=O) groups is 3. The molecule has 1 aliphatic heterocycles. The van der Waals surface area contributed by atoms with Gasteiger partial charge < -0.3 is 30.6 Å². The maximum absolute atomic E-state index is 13.0. The fourth-order valence-electron chi connectivity index (χ4n) is 4.09. The van der Waals surface area contributed by atoms with Gasteiger partial charge in [-0.25, -0.2) is 4.98 Å². The molecular formula is C28H34N6O4. The van der Waals surface area contributed by atoms with Gasteiger partial charge in [0.1, 0.15) is 12.6 Å². The molecule has 200 valence electrons. The van der Waals surface area contributed by atoms with Crippen molar-refractivity contribution in [2.24, 2.45) is 5.73 Å². The topological polar surface area (TPSA) is 132 Å². The fraction of sp³-hybridized carbons (Fsp3) is 0.357. The molecule has 3 amide bonds. The molecule has 0 aliphatic carbocycles. The van der Waals surface area contributed by atoms with Gasteiger partial charge in [0.15, 0.2) is 5.82 Å². The van der Waals surface area contributed by atoms with Crippen molar-refractivity contribution in [3.63, 3.8) is 0 Å². The number of amides is 3. The van der Waals surface area contributed by atoms with Crippen molar-refractivity contribution in [3.05, 3.63) is 83.8 Å². The van der Waals surface area contributed by atoms with Crippen LogP contribution in [0, 0.1) is 0 Å². The van der Waals surface area contributed by atoms with E-state index in [4.69, 9.17) is 10.5 Å². The van der Waals surface area contributed by atoms with Crippen molar-refractivity contribution < 1.29 is 19.1 Å². The summed E-state index contributed by atoms with van der Waals surface area (Å²) in [5.74, 6) is -0.749. The van der Waals surface area contributed by atoms with E-state index in [0.29, 0.717) is 13.1 Å². The van der Waals surface area contributed by atoms with E-state index in [1.807, 2.05) is 53.4 Å². The zero-order chi connectivity index (χ0) is 27.1. The Morgan fingerprint density at radius 2 is 1.79 bits per heavy atom. The summed E-state index contributed by atoms with van der Waals surface area (Å²) in [7, 11) is 0. The van der Waals surface area contributed by atoms with Crippen molar-refractivity contribution >= 4 is 23.5 Å². The second-order valence-corrected chi connectivity index (χ2v) is 10.0. The molecule has 3 aromatic rings. The summed E-state index contributed by atoms with van der Waals surface area (Å²) in [6.07, 6.45) is 3.91. The molecule has 38 heavy (non-hydrogen) atoms. The van der Waals surface area contributed by atoms with E-state index < -0.39 is 23.4 Å². The van der Waals surface area contributed by atoms with Gasteiger partial charge in [-0.3, -0.25) is 14.4 Å². The number of aromatic nitrogens is 2. The molecular weight excluding hydrogens is 484 g/mol. The number of anilines is 1. The van der Waals surface area contributed by atoms with Gasteiger partial charge in [0.2, 0.25) is 11.8 Å². The van der Waals surface area contributed by atoms with E-state index in [-0.39, 0.29) is 31.5 Å². The molecule has 2 aromatic carbocycles. The number of nitrogens with one attached hydrogen (secondary N) is 2. The van der Waals surface area contributed by atoms with E-state index >= 15 is 0 Å². The smallest absolute Gasteiger partial charge is 0.250 e. The van der Waals surface area contributed by atoms with Crippen molar-refractivity contribution in [2.75, 3.05) is 18.5 Å². The molecule has 0 spiro atoms. The molecule has 1 aromatic heterocycles. The Hall–Kier alpha value is -4.02. The molecule has 0 bridgehead atoms. The Labute approximate surface area is 222 Å². The number of hydrogen-bond donors (Lipinski definition) is 3. The van der Waals surface area contributed by atoms with Gasteiger partial charge in [-0.15, -0.1) is 0 Å². The predicted molar refractivity (Wildman–Crippen MR) is 143 cm³/mol. The van der Waals surface area contributed by atoms with Crippen LogP contribution in [0.4, 0.5) is 5.82 Å². The number of rotatable bonds is 10. The molecule has 4 N–H and O–H groups in total. The van der Waals surface area contributed by atoms with Crippen LogP contribution in [0.2, 0.25) is 0 Å². The lowest BCUT2D eigenvalue weighted by Crippen LogP contribution is -2.56. The number of fused-ring (bicyclic) bond motifs is 1. The van der Waals surface area contributed by atoms with Crippen LogP contribution in [-0.4, -0.2) is 56.9 Å². The van der Waals surface area contributed by atoms with Gasteiger partial charge in [-0.05, 0) is 37.0 Å². The molecule has 4 rings (SSSR count). The van der Waals surface area contributed by atoms with E-state index in [1.54, 1.807) is 24.6 Å². The minimum atomic E-state index is -1.17. The first-order valence-electron chi connectivity index (χ1n) is 12.6. The molecule has 1 atom stereocenters. The number of nitrogens with two attached hydrogens (primary N) is 1. The second kappa shape index (κ2) is 12.0. The minimum absolute atomic E-state index is 0.0283. The van der Waals surface area contributed by atoms with Crippen LogP contribution >= 0.6 is 0 Å². The Kier molecular flexibility index (Phi) is 8.55. The summed E-state index contributed by atoms with van der Waals surface area (Å²) >= 11 is 0. The maximum Gasteiger partial charge on any atom is 0.250 e. The van der Waals surface area contributed by atoms with Crippen molar-refractivity contribution in [3.8, 4) is 0 Å². The molecule has 0 saturated carbocycles. The third-order valence-corrected chi connectivity index (χ3v) is 6.29. The maximum atomic E-state index is 13.0. The number of carbonyl (C=O) groups excluding carboxylic acids is 3.